The number of carbonyl (C=O) groups is 3. The van der Waals surface area contributed by atoms with Crippen LogP contribution in [0.25, 0.3) is 0 Å². The van der Waals surface area contributed by atoms with Gasteiger partial charge in [0.25, 0.3) is 17.7 Å². The van der Waals surface area contributed by atoms with Gasteiger partial charge in [0.1, 0.15) is 17.9 Å². The quantitative estimate of drug-likeness (QED) is 0.248. The first-order valence-corrected chi connectivity index (χ1v) is 13.3. The number of allylic oxidation sites excluding steroid dienone is 2. The van der Waals surface area contributed by atoms with Gasteiger partial charge in [-0.3, -0.25) is 24.4 Å². The third-order valence-corrected chi connectivity index (χ3v) is 6.73. The van der Waals surface area contributed by atoms with Gasteiger partial charge in [0.15, 0.2) is 5.82 Å². The fourth-order valence-electron chi connectivity index (χ4n) is 4.65. The zero-order valence-electron chi connectivity index (χ0n) is 22.7. The maximum atomic E-state index is 13.4. The van der Waals surface area contributed by atoms with Gasteiger partial charge in [-0.25, -0.2) is 13.5 Å². The number of aromatic nitrogens is 6. The number of nitrogens with zero attached hydrogens (tertiary/aromatic N) is 6. The van der Waals surface area contributed by atoms with Crippen LogP contribution in [-0.4, -0.2) is 60.3 Å². The molecule has 0 spiro atoms. The average molecular weight is 600 g/mol. The fraction of sp³-hybridized carbons (Fsp3) is 0.560. The van der Waals surface area contributed by atoms with Crippen LogP contribution in [-0.2, 0) is 16.1 Å². The summed E-state index contributed by atoms with van der Waals surface area (Å²) >= 11 is 0. The molecule has 17 heteroatoms. The number of tetrazole rings is 1. The Morgan fingerprint density at radius 1 is 1.12 bits per heavy atom. The van der Waals surface area contributed by atoms with Gasteiger partial charge in [-0.1, -0.05) is 0 Å². The molecule has 2 aromatic heterocycles. The second-order valence-electron chi connectivity index (χ2n) is 10.5. The highest BCUT2D eigenvalue weighted by molar-refractivity contribution is 6.10. The molecule has 1 atom stereocenters. The van der Waals surface area contributed by atoms with Gasteiger partial charge in [0.05, 0.1) is 5.92 Å². The van der Waals surface area contributed by atoms with Crippen molar-refractivity contribution in [2.45, 2.75) is 77.1 Å². The Morgan fingerprint density at radius 3 is 2.31 bits per heavy atom. The Balaban J connectivity index is 1.58. The van der Waals surface area contributed by atoms with Crippen molar-refractivity contribution in [3.63, 3.8) is 0 Å². The molecule has 0 aromatic carbocycles. The number of nitrogens with one attached hydrogen (secondary N) is 2. The van der Waals surface area contributed by atoms with E-state index in [0.29, 0.717) is 6.08 Å². The van der Waals surface area contributed by atoms with Crippen LogP contribution in [0, 0.1) is 11.8 Å². The third-order valence-electron chi connectivity index (χ3n) is 6.73. The van der Waals surface area contributed by atoms with Gasteiger partial charge in [0.2, 0.25) is 6.43 Å². The minimum Gasteiger partial charge on any atom is -0.401 e. The average Bonchev–Trinajstić information content (AvgIpc) is 3.80. The number of hydrogen-bond acceptors (Lipinski definition) is 8. The summed E-state index contributed by atoms with van der Waals surface area (Å²) in [4.78, 5) is 39.4. The maximum absolute atomic E-state index is 13.4. The molecule has 42 heavy (non-hydrogen) atoms. The highest BCUT2D eigenvalue weighted by Gasteiger charge is 2.41. The Hall–Kier alpha value is -4.18. The van der Waals surface area contributed by atoms with E-state index in [4.69, 9.17) is 5.73 Å². The lowest BCUT2D eigenvalue weighted by Gasteiger charge is -2.18. The van der Waals surface area contributed by atoms with Gasteiger partial charge in [-0.05, 0) is 73.4 Å². The summed E-state index contributed by atoms with van der Waals surface area (Å²) in [6.45, 7) is 1.98. The highest BCUT2D eigenvalue weighted by atomic mass is 19.4. The van der Waals surface area contributed by atoms with E-state index in [1.807, 2.05) is 13.8 Å². The van der Waals surface area contributed by atoms with Crippen molar-refractivity contribution in [2.75, 3.05) is 0 Å². The van der Waals surface area contributed by atoms with Crippen molar-refractivity contribution in [1.29, 1.82) is 0 Å². The third kappa shape index (κ3) is 7.76. The maximum Gasteiger partial charge on any atom is 0.408 e. The molecule has 2 fully saturated rings. The van der Waals surface area contributed by atoms with E-state index >= 15 is 0 Å². The van der Waals surface area contributed by atoms with Gasteiger partial charge >= 0.3 is 6.18 Å². The van der Waals surface area contributed by atoms with E-state index in [1.54, 1.807) is 0 Å². The number of amides is 3. The van der Waals surface area contributed by atoms with Crippen LogP contribution in [0.5, 0.6) is 0 Å². The second-order valence-corrected chi connectivity index (χ2v) is 10.5. The van der Waals surface area contributed by atoms with Gasteiger partial charge in [0, 0.05) is 30.4 Å². The van der Waals surface area contributed by atoms with E-state index in [9.17, 15) is 36.3 Å². The molecule has 3 amide bonds. The molecule has 228 valence electrons. The molecule has 0 radical (unpaired) electrons. The zero-order chi connectivity index (χ0) is 30.8. The molecule has 1 unspecified atom stereocenters. The summed E-state index contributed by atoms with van der Waals surface area (Å²) in [5, 5.41) is 18.6. The summed E-state index contributed by atoms with van der Waals surface area (Å²) in [7, 11) is 0. The minimum atomic E-state index is -4.76. The number of carbonyl (C=O) groups excluding carboxylic acids is 3. The zero-order valence-corrected chi connectivity index (χ0v) is 22.7. The Bertz CT molecular complexity index is 1370. The Morgan fingerprint density at radius 2 is 1.76 bits per heavy atom. The van der Waals surface area contributed by atoms with Crippen LogP contribution < -0.4 is 16.4 Å². The van der Waals surface area contributed by atoms with E-state index < -0.39 is 60.7 Å². The molecule has 4 rings (SSSR count). The monoisotopic (exact) mass is 599 g/mol. The van der Waals surface area contributed by atoms with Crippen molar-refractivity contribution < 1.29 is 36.3 Å². The van der Waals surface area contributed by atoms with E-state index in [1.165, 1.54) is 16.9 Å². The molecule has 0 aliphatic heterocycles. The summed E-state index contributed by atoms with van der Waals surface area (Å²) in [5.41, 5.74) is 6.14. The summed E-state index contributed by atoms with van der Waals surface area (Å²) in [6.07, 6.45) is -3.57. The van der Waals surface area contributed by atoms with Crippen molar-refractivity contribution in [3.05, 3.63) is 46.8 Å². The first-order chi connectivity index (χ1) is 19.7. The molecule has 0 saturated heterocycles. The van der Waals surface area contributed by atoms with Crippen LogP contribution in [0.1, 0.15) is 74.2 Å². The number of halogens is 5. The molecule has 2 heterocycles. The number of nitrogens with two attached hydrogens (primary N) is 1. The molecular weight excluding hydrogens is 569 g/mol. The molecule has 2 saturated carbocycles. The van der Waals surface area contributed by atoms with E-state index in [2.05, 4.69) is 31.3 Å². The van der Waals surface area contributed by atoms with Crippen LogP contribution in [0.15, 0.2) is 35.3 Å². The summed E-state index contributed by atoms with van der Waals surface area (Å²) < 4.78 is 67.2. The molecular formula is C25H30F5N9O3. The topological polar surface area (TPSA) is 163 Å². The molecule has 2 aliphatic rings. The van der Waals surface area contributed by atoms with Gasteiger partial charge in [-0.15, -0.1) is 5.10 Å². The van der Waals surface area contributed by atoms with E-state index in [0.717, 1.165) is 31.3 Å². The molecule has 2 aromatic rings. The fourth-order valence-corrected chi connectivity index (χ4v) is 4.65. The predicted molar refractivity (Wildman–Crippen MR) is 135 cm³/mol. The predicted octanol–water partition coefficient (Wildman–Crippen LogP) is 2.74. The number of alkyl halides is 5. The van der Waals surface area contributed by atoms with Crippen LogP contribution >= 0.6 is 0 Å². The summed E-state index contributed by atoms with van der Waals surface area (Å²) in [6, 6.07) is 1.34. The first-order valence-electron chi connectivity index (χ1n) is 13.3. The SMILES string of the molecule is CC(C)n1nccc1C(=O)NC(C(=O)NC(=O)/C=C(\N)C(CC(F)F)c1nnnn1CC(F)(F)F)=C(C1CC1)C1CC1. The number of imide groups is 1. The lowest BCUT2D eigenvalue weighted by Crippen LogP contribution is -2.40. The second kappa shape index (κ2) is 12.4. The molecule has 0 bridgehead atoms. The Kier molecular flexibility index (Phi) is 9.06. The molecule has 4 N–H and O–H groups in total. The van der Waals surface area contributed by atoms with Crippen molar-refractivity contribution in [2.24, 2.45) is 17.6 Å². The molecule has 12 nitrogen and oxygen atoms in total. The van der Waals surface area contributed by atoms with Crippen molar-refractivity contribution in [1.82, 2.24) is 40.6 Å². The first kappa shape index (κ1) is 30.8. The Labute approximate surface area is 236 Å². The lowest BCUT2D eigenvalue weighted by atomic mass is 10.00. The molecule has 2 aliphatic carbocycles. The summed E-state index contributed by atoms with van der Waals surface area (Å²) in [5.74, 6) is -4.84. The number of hydrogen-bond donors (Lipinski definition) is 3. The number of rotatable bonds is 12. The standard InChI is InChI=1S/C25H30F5N9O3/c1-12(2)39-17(7-8-32-39)23(41)34-21(20(13-3-4-13)14-5-6-14)24(42)33-19(40)10-16(31)15(9-18(26)27)22-35-36-37-38(22)11-25(28,29)30/h7-8,10,12-15,18H,3-6,9,11,31H2,1-2H3,(H,34,41)(H,33,40,42)/b16-10-. The van der Waals surface area contributed by atoms with Crippen molar-refractivity contribution >= 4 is 17.7 Å². The van der Waals surface area contributed by atoms with Gasteiger partial charge in [-0.2, -0.15) is 18.3 Å². The van der Waals surface area contributed by atoms with Crippen LogP contribution in [0.2, 0.25) is 0 Å². The largest absolute Gasteiger partial charge is 0.408 e. The van der Waals surface area contributed by atoms with Crippen LogP contribution in [0.4, 0.5) is 22.0 Å². The van der Waals surface area contributed by atoms with Crippen molar-refractivity contribution in [3.8, 4) is 0 Å². The smallest absolute Gasteiger partial charge is 0.401 e. The minimum absolute atomic E-state index is 0.0622. The normalized spacial score (nSPS) is 16.5. The highest BCUT2D eigenvalue weighted by Crippen LogP contribution is 2.50. The van der Waals surface area contributed by atoms with Gasteiger partial charge < -0.3 is 11.1 Å². The van der Waals surface area contributed by atoms with E-state index in [-0.39, 0.29) is 34.0 Å². The van der Waals surface area contributed by atoms with Crippen LogP contribution in [0.3, 0.4) is 0 Å². The lowest BCUT2D eigenvalue weighted by molar-refractivity contribution is -0.143.